The maximum atomic E-state index is 12.7. The van der Waals surface area contributed by atoms with Crippen LogP contribution in [0.3, 0.4) is 0 Å². The van der Waals surface area contributed by atoms with E-state index in [1.54, 1.807) is 18.2 Å². The first kappa shape index (κ1) is 29.5. The number of nitrogens with one attached hydrogen (secondary N) is 1. The second-order valence-electron chi connectivity index (χ2n) is 7.59. The summed E-state index contributed by atoms with van der Waals surface area (Å²) in [4.78, 5) is 11.7. The maximum absolute atomic E-state index is 12.7. The van der Waals surface area contributed by atoms with Gasteiger partial charge in [-0.2, -0.15) is 18.4 Å². The van der Waals surface area contributed by atoms with Gasteiger partial charge in [0.2, 0.25) is 5.60 Å². The number of rotatable bonds is 3. The van der Waals surface area contributed by atoms with Gasteiger partial charge < -0.3 is 13.8 Å². The molecule has 1 heterocycles. The number of nitrogens with zero attached hydrogens (tertiary/aromatic N) is 2. The Labute approximate surface area is 198 Å². The van der Waals surface area contributed by atoms with Crippen molar-refractivity contribution in [3.63, 3.8) is 0 Å². The van der Waals surface area contributed by atoms with Gasteiger partial charge in [-0.15, -0.1) is 0 Å². The minimum absolute atomic E-state index is 0.153. The molecule has 0 spiro atoms. The molecule has 0 atom stereocenters. The molecule has 11 heteroatoms. The van der Waals surface area contributed by atoms with Crippen LogP contribution in [0.25, 0.3) is 0 Å². The third-order valence-corrected chi connectivity index (χ3v) is 5.45. The molecule has 0 fully saturated rings. The highest BCUT2D eigenvalue weighted by Crippen LogP contribution is 2.39. The van der Waals surface area contributed by atoms with Crippen LogP contribution >= 0.6 is 30.3 Å². The topological polar surface area (TPSA) is 74.6 Å². The zero-order chi connectivity index (χ0) is 24.5. The van der Waals surface area contributed by atoms with Crippen LogP contribution in [-0.2, 0) is 4.74 Å². The van der Waals surface area contributed by atoms with E-state index < -0.39 is 17.9 Å². The first-order chi connectivity index (χ1) is 14.2. The highest BCUT2D eigenvalue weighted by atomic mass is 127. The van der Waals surface area contributed by atoms with Crippen LogP contribution in [-0.4, -0.2) is 31.0 Å². The molecule has 0 saturated heterocycles. The second-order valence-corrected chi connectivity index (χ2v) is 9.35. The van der Waals surface area contributed by atoms with E-state index in [4.69, 9.17) is 10.00 Å². The van der Waals surface area contributed by atoms with Gasteiger partial charge in [-0.25, -0.2) is 4.79 Å². The second kappa shape index (κ2) is 12.5. The van der Waals surface area contributed by atoms with Crippen molar-refractivity contribution in [2.24, 2.45) is 5.41 Å². The number of ether oxygens (including phenoxy) is 2. The van der Waals surface area contributed by atoms with Gasteiger partial charge in [0, 0.05) is 41.4 Å². The third-order valence-electron chi connectivity index (χ3n) is 3.48. The summed E-state index contributed by atoms with van der Waals surface area (Å²) in [5.41, 5.74) is -1.66. The highest BCUT2D eigenvalue weighted by Gasteiger charge is 2.51. The van der Waals surface area contributed by atoms with Crippen molar-refractivity contribution in [2.75, 3.05) is 22.8 Å². The number of carbonyl (C=O) groups is 1. The fourth-order valence-corrected chi connectivity index (χ4v) is 3.36. The van der Waals surface area contributed by atoms with Gasteiger partial charge in [-0.05, 0) is 52.8 Å². The Morgan fingerprint density at radius 2 is 1.81 bits per heavy atom. The minimum Gasteiger partial charge on any atom is -0.489 e. The number of carbonyl (C=O) groups excluding carboxylic acids is 1. The zero-order valence-corrected chi connectivity index (χ0v) is 21.7. The van der Waals surface area contributed by atoms with Crippen molar-refractivity contribution >= 4 is 47.8 Å². The Morgan fingerprint density at radius 3 is 2.26 bits per heavy atom. The monoisotopic (exact) mass is 575 g/mol. The normalized spacial score (nSPS) is 13.2. The number of benzene rings is 1. The van der Waals surface area contributed by atoms with Gasteiger partial charge in [0.1, 0.15) is 12.4 Å². The van der Waals surface area contributed by atoms with Crippen LogP contribution < -0.4 is 14.4 Å². The Kier molecular flexibility index (Phi) is 11.9. The Morgan fingerprint density at radius 1 is 1.26 bits per heavy atom. The SMILES string of the molecule is CC.CC(C)(C)C#N.CC(C)(OC(=O)Nc1ccc2c(c1)N(SI)CCO2)C(F)(F)F. The van der Waals surface area contributed by atoms with E-state index in [-0.39, 0.29) is 5.41 Å². The summed E-state index contributed by atoms with van der Waals surface area (Å²) in [7, 11) is 1.46. The number of nitriles is 1. The Hall–Kier alpha value is -1.55. The van der Waals surface area contributed by atoms with Crippen LogP contribution in [0, 0.1) is 16.7 Å². The quantitative estimate of drug-likeness (QED) is 0.300. The van der Waals surface area contributed by atoms with Crippen molar-refractivity contribution in [1.82, 2.24) is 0 Å². The molecule has 1 amide bonds. The number of fused-ring (bicyclic) bond motifs is 1. The molecule has 31 heavy (non-hydrogen) atoms. The molecule has 0 radical (unpaired) electrons. The van der Waals surface area contributed by atoms with E-state index in [0.717, 1.165) is 19.5 Å². The van der Waals surface area contributed by atoms with Crippen molar-refractivity contribution in [3.05, 3.63) is 18.2 Å². The molecule has 1 N–H and O–H groups in total. The van der Waals surface area contributed by atoms with E-state index in [9.17, 15) is 18.0 Å². The lowest BCUT2D eigenvalue weighted by molar-refractivity contribution is -0.242. The van der Waals surface area contributed by atoms with Crippen molar-refractivity contribution < 1.29 is 27.4 Å². The molecule has 0 aliphatic carbocycles. The summed E-state index contributed by atoms with van der Waals surface area (Å²) in [5.74, 6) is 0.648. The predicted molar refractivity (Wildman–Crippen MR) is 128 cm³/mol. The van der Waals surface area contributed by atoms with Crippen LogP contribution in [0.5, 0.6) is 5.75 Å². The average Bonchev–Trinajstić information content (AvgIpc) is 2.67. The van der Waals surface area contributed by atoms with Crippen molar-refractivity contribution in [2.45, 2.75) is 60.2 Å². The number of hydrogen-bond acceptors (Lipinski definition) is 6. The van der Waals surface area contributed by atoms with Crippen LogP contribution in [0.4, 0.5) is 29.3 Å². The first-order valence-electron chi connectivity index (χ1n) is 9.51. The van der Waals surface area contributed by atoms with Gasteiger partial charge >= 0.3 is 12.3 Å². The van der Waals surface area contributed by atoms with Gasteiger partial charge in [0.25, 0.3) is 0 Å². The molecule has 1 aromatic carbocycles. The number of amides is 1. The Bertz CT molecular complexity index is 763. The summed E-state index contributed by atoms with van der Waals surface area (Å²) in [6, 6.07) is 6.93. The number of halogens is 4. The Balaban J connectivity index is 0.000000970. The fourth-order valence-electron chi connectivity index (χ4n) is 1.78. The molecule has 0 bridgehead atoms. The largest absolute Gasteiger partial charge is 0.489 e. The zero-order valence-electron chi connectivity index (χ0n) is 18.7. The molecular formula is C20H29F3IN3O3S. The molecule has 2 rings (SSSR count). The van der Waals surface area contributed by atoms with Crippen LogP contribution in [0.2, 0.25) is 0 Å². The summed E-state index contributed by atoms with van der Waals surface area (Å²) < 4.78 is 50.1. The van der Waals surface area contributed by atoms with E-state index in [2.05, 4.69) is 37.3 Å². The van der Waals surface area contributed by atoms with E-state index >= 15 is 0 Å². The van der Waals surface area contributed by atoms with Gasteiger partial charge in [-0.3, -0.25) is 5.32 Å². The average molecular weight is 575 g/mol. The van der Waals surface area contributed by atoms with E-state index in [1.165, 1.54) is 9.12 Å². The molecule has 0 aromatic heterocycles. The van der Waals surface area contributed by atoms with Crippen molar-refractivity contribution in [3.8, 4) is 11.8 Å². The fraction of sp³-hybridized carbons (Fsp3) is 0.600. The number of anilines is 2. The standard InChI is InChI=1S/C13H14F3IN2O3S.C5H9N.C2H6/c1-12(2,13(14,15)16)22-11(20)18-8-3-4-10-9(7-8)19(23-17)5-6-21-10;1-5(2,3)4-6;1-2/h3-4,7H,5-6H2,1-2H3,(H,18,20);1-3H3;1-2H3. The van der Waals surface area contributed by atoms with Gasteiger partial charge in [0.15, 0.2) is 0 Å². The molecular weight excluding hydrogens is 546 g/mol. The van der Waals surface area contributed by atoms with Crippen molar-refractivity contribution in [1.29, 1.82) is 5.26 Å². The smallest absolute Gasteiger partial charge is 0.427 e. The highest BCUT2D eigenvalue weighted by molar-refractivity contribution is 14.2. The first-order valence-corrected chi connectivity index (χ1v) is 12.8. The van der Waals surface area contributed by atoms with Crippen LogP contribution in [0.15, 0.2) is 18.2 Å². The molecule has 0 unspecified atom stereocenters. The van der Waals surface area contributed by atoms with E-state index in [0.29, 0.717) is 24.6 Å². The number of hydrogen-bond donors (Lipinski definition) is 1. The lowest BCUT2D eigenvalue weighted by atomic mass is 10.0. The summed E-state index contributed by atoms with van der Waals surface area (Å²) >= 11 is 2.12. The summed E-state index contributed by atoms with van der Waals surface area (Å²) in [6.07, 6.45) is -5.82. The maximum Gasteiger partial charge on any atom is 0.427 e. The molecule has 6 nitrogen and oxygen atoms in total. The van der Waals surface area contributed by atoms with Crippen LogP contribution in [0.1, 0.15) is 48.5 Å². The molecule has 0 saturated carbocycles. The molecule has 1 aliphatic heterocycles. The molecule has 176 valence electrons. The van der Waals surface area contributed by atoms with E-state index in [1.807, 2.05) is 38.9 Å². The minimum atomic E-state index is -4.65. The lowest BCUT2D eigenvalue weighted by Gasteiger charge is -2.29. The summed E-state index contributed by atoms with van der Waals surface area (Å²) in [6.45, 7) is 12.4. The van der Waals surface area contributed by atoms with Gasteiger partial charge in [-0.1, -0.05) is 13.8 Å². The van der Waals surface area contributed by atoms with Gasteiger partial charge in [0.05, 0.1) is 18.3 Å². The molecule has 1 aliphatic rings. The third kappa shape index (κ3) is 10.1. The lowest BCUT2D eigenvalue weighted by Crippen LogP contribution is -2.44. The summed E-state index contributed by atoms with van der Waals surface area (Å²) in [5, 5.41) is 10.5. The predicted octanol–water partition coefficient (Wildman–Crippen LogP) is 7.36. The number of alkyl halides is 3. The molecule has 1 aromatic rings.